The van der Waals surface area contributed by atoms with Gasteiger partial charge in [0.05, 0.1) is 57.5 Å². The molecule has 1 heterocycles. The van der Waals surface area contributed by atoms with Gasteiger partial charge in [-0.3, -0.25) is 0 Å². The van der Waals surface area contributed by atoms with Crippen LogP contribution in [0.15, 0.2) is 12.7 Å². The van der Waals surface area contributed by atoms with Crippen LogP contribution in [0, 0.1) is 28.6 Å². The summed E-state index contributed by atoms with van der Waals surface area (Å²) in [5.74, 6) is 0.0329. The lowest BCUT2D eigenvalue weighted by Gasteiger charge is -2.23. The molecule has 0 aliphatic carbocycles. The molecule has 1 saturated heterocycles. The Morgan fingerprint density at radius 2 is 1.88 bits per heavy atom. The molecule has 146 valence electrons. The lowest BCUT2D eigenvalue weighted by Crippen LogP contribution is -2.25. The molecule has 1 aliphatic rings. The van der Waals surface area contributed by atoms with E-state index >= 15 is 0 Å². The third-order valence-corrected chi connectivity index (χ3v) is 5.79. The van der Waals surface area contributed by atoms with Crippen molar-refractivity contribution in [2.45, 2.75) is 31.6 Å². The molecule has 0 aromatic rings. The normalized spacial score (nSPS) is 24.5. The van der Waals surface area contributed by atoms with E-state index in [2.05, 4.69) is 6.58 Å². The third-order valence-electron chi connectivity index (χ3n) is 3.34. The second-order valence-corrected chi connectivity index (χ2v) is 7.86. The lowest BCUT2D eigenvalue weighted by atomic mass is 10.0. The highest BCUT2D eigenvalue weighted by molar-refractivity contribution is 7.47. The smallest absolute Gasteiger partial charge is 0.329 e. The van der Waals surface area contributed by atoms with Gasteiger partial charge in [-0.15, -0.1) is 6.58 Å². The van der Waals surface area contributed by atoms with E-state index in [1.807, 2.05) is 12.1 Å². The molecule has 0 radical (unpaired) electrons. The Kier molecular flexibility index (Phi) is 12.9. The summed E-state index contributed by atoms with van der Waals surface area (Å²) in [6, 6.07) is 3.94. The van der Waals surface area contributed by atoms with Crippen molar-refractivity contribution in [1.82, 2.24) is 0 Å². The Balaban J connectivity index is 2.48. The molecule has 0 aromatic carbocycles. The van der Waals surface area contributed by atoms with E-state index in [0.29, 0.717) is 32.2 Å². The molecule has 0 amide bonds. The highest BCUT2D eigenvalue weighted by Crippen LogP contribution is 2.44. The van der Waals surface area contributed by atoms with Gasteiger partial charge in [-0.05, 0) is 12.3 Å². The zero-order valence-electron chi connectivity index (χ0n) is 14.5. The molecule has 4 unspecified atom stereocenters. The van der Waals surface area contributed by atoms with Crippen LogP contribution in [0.1, 0.15) is 19.3 Å². The van der Waals surface area contributed by atoms with Crippen molar-refractivity contribution >= 4 is 17.0 Å². The Labute approximate surface area is 156 Å². The summed E-state index contributed by atoms with van der Waals surface area (Å²) in [7, 11) is -3.27. The van der Waals surface area contributed by atoms with Crippen LogP contribution in [-0.4, -0.2) is 49.8 Å². The molecular weight excluding hydrogens is 380 g/mol. The Morgan fingerprint density at radius 3 is 2.54 bits per heavy atom. The van der Waals surface area contributed by atoms with Crippen LogP contribution in [0.4, 0.5) is 0 Å². The van der Waals surface area contributed by atoms with Gasteiger partial charge in [0.1, 0.15) is 6.23 Å². The van der Waals surface area contributed by atoms with Crippen LogP contribution in [0.5, 0.6) is 0 Å². The first-order valence-electron chi connectivity index (χ1n) is 8.14. The summed E-state index contributed by atoms with van der Waals surface area (Å²) in [5, 5.41) is 17.1. The quantitative estimate of drug-likeness (QED) is 0.253. The van der Waals surface area contributed by atoms with Crippen molar-refractivity contribution in [2.75, 3.05) is 32.6 Å². The van der Waals surface area contributed by atoms with Crippen LogP contribution in [0.25, 0.3) is 0 Å². The number of nitrogens with two attached hydrogens (primary N) is 1. The summed E-state index contributed by atoms with van der Waals surface area (Å²) in [5.41, 5.74) is 5.88. The zero-order chi connectivity index (χ0) is 19.2. The van der Waals surface area contributed by atoms with Crippen molar-refractivity contribution in [3.05, 3.63) is 12.7 Å². The Morgan fingerprint density at radius 1 is 1.19 bits per heavy atom. The largest absolute Gasteiger partial charge is 0.358 e. The topological polar surface area (TPSA) is 140 Å². The van der Waals surface area contributed by atoms with Crippen molar-refractivity contribution in [1.29, 1.82) is 10.5 Å². The van der Waals surface area contributed by atoms with E-state index < -0.39 is 23.2 Å². The molecule has 1 rings (SSSR count). The van der Waals surface area contributed by atoms with Gasteiger partial charge in [0.2, 0.25) is 0 Å². The molecule has 1 fully saturated rings. The average molecular weight is 405 g/mol. The van der Waals surface area contributed by atoms with Crippen molar-refractivity contribution in [3.8, 4) is 12.1 Å². The van der Waals surface area contributed by atoms with Gasteiger partial charge in [-0.25, -0.2) is 0 Å². The molecule has 0 aromatic heterocycles. The highest BCUT2D eigenvalue weighted by Gasteiger charge is 2.36. The van der Waals surface area contributed by atoms with Crippen LogP contribution >= 0.6 is 17.0 Å². The SMILES string of the molecule is C=CCOP(C[C@H]1CC(N)OC1COP(O)OCCC#N)OCCC#N. The molecule has 26 heavy (non-hydrogen) atoms. The number of rotatable bonds is 14. The number of hydrogen-bond acceptors (Lipinski definition) is 9. The molecule has 3 N–H and O–H groups in total. The van der Waals surface area contributed by atoms with E-state index in [9.17, 15) is 4.89 Å². The van der Waals surface area contributed by atoms with Crippen molar-refractivity contribution in [2.24, 2.45) is 11.7 Å². The fourth-order valence-corrected chi connectivity index (χ4v) is 4.43. The monoisotopic (exact) mass is 405 g/mol. The van der Waals surface area contributed by atoms with Crippen LogP contribution in [0.3, 0.4) is 0 Å². The van der Waals surface area contributed by atoms with E-state index in [-0.39, 0.29) is 31.7 Å². The van der Waals surface area contributed by atoms with Gasteiger partial charge in [-0.2, -0.15) is 10.5 Å². The second-order valence-electron chi connectivity index (χ2n) is 5.32. The first-order chi connectivity index (χ1) is 12.6. The minimum Gasteiger partial charge on any atom is -0.358 e. The summed E-state index contributed by atoms with van der Waals surface area (Å²) >= 11 is 0. The molecule has 1 aliphatic heterocycles. The number of nitrogens with zero attached hydrogens (tertiary/aromatic N) is 2. The summed E-state index contributed by atoms with van der Waals surface area (Å²) in [6.45, 7) is 4.51. The fraction of sp³-hybridized carbons (Fsp3) is 0.733. The third kappa shape index (κ3) is 9.85. The van der Waals surface area contributed by atoms with E-state index in [1.165, 1.54) is 0 Å². The zero-order valence-corrected chi connectivity index (χ0v) is 16.3. The van der Waals surface area contributed by atoms with Gasteiger partial charge < -0.3 is 33.5 Å². The predicted octanol–water partition coefficient (Wildman–Crippen LogP) is 2.29. The molecule has 0 saturated carbocycles. The number of nitriles is 2. The predicted molar refractivity (Wildman–Crippen MR) is 96.3 cm³/mol. The Hall–Kier alpha value is -0.700. The molecular formula is C15H25N3O6P2. The maximum atomic E-state index is 9.67. The molecule has 9 nitrogen and oxygen atoms in total. The maximum Gasteiger partial charge on any atom is 0.329 e. The van der Waals surface area contributed by atoms with Gasteiger partial charge in [-0.1, -0.05) is 6.08 Å². The molecule has 0 spiro atoms. The first-order valence-corrected chi connectivity index (χ1v) is 10.6. The Bertz CT molecular complexity index is 487. The van der Waals surface area contributed by atoms with Gasteiger partial charge >= 0.3 is 8.60 Å². The minimum absolute atomic E-state index is 0.0329. The molecule has 5 atom stereocenters. The maximum absolute atomic E-state index is 9.67. The first kappa shape index (κ1) is 23.3. The highest BCUT2D eigenvalue weighted by atomic mass is 31.2. The van der Waals surface area contributed by atoms with Gasteiger partial charge in [0.15, 0.2) is 8.38 Å². The van der Waals surface area contributed by atoms with Gasteiger partial charge in [0, 0.05) is 6.16 Å². The minimum atomic E-state index is -2.06. The van der Waals surface area contributed by atoms with E-state index in [4.69, 9.17) is 39.1 Å². The lowest BCUT2D eigenvalue weighted by molar-refractivity contribution is 0.00641. The van der Waals surface area contributed by atoms with Crippen LogP contribution in [-0.2, 0) is 22.8 Å². The molecule has 0 bridgehead atoms. The fourth-order valence-electron chi connectivity index (χ4n) is 2.22. The van der Waals surface area contributed by atoms with Crippen molar-refractivity contribution < 1.29 is 27.7 Å². The number of hydrogen-bond donors (Lipinski definition) is 2. The van der Waals surface area contributed by atoms with Crippen molar-refractivity contribution in [3.63, 3.8) is 0 Å². The summed E-state index contributed by atoms with van der Waals surface area (Å²) < 4.78 is 27.3. The van der Waals surface area contributed by atoms with Gasteiger partial charge in [0.25, 0.3) is 0 Å². The summed E-state index contributed by atoms with van der Waals surface area (Å²) in [6.07, 6.45) is 2.56. The second kappa shape index (κ2) is 14.4. The van der Waals surface area contributed by atoms with E-state index in [0.717, 1.165) is 0 Å². The molecule has 11 heteroatoms. The van der Waals surface area contributed by atoms with Crippen LogP contribution in [0.2, 0.25) is 0 Å². The number of ether oxygens (including phenoxy) is 1. The average Bonchev–Trinajstić information content (AvgIpc) is 2.97. The summed E-state index contributed by atoms with van der Waals surface area (Å²) in [4.78, 5) is 9.67. The van der Waals surface area contributed by atoms with E-state index in [1.54, 1.807) is 6.08 Å². The standard InChI is InChI=1S/C15H25N3O6P2/c1-2-7-20-25(21-8-3-5-16)12-13-10-15(18)24-14(13)11-23-26(19)22-9-4-6-17/h2,13-15,19H,1,3-4,7-12,18H2/t13-,14?,15?,25?,26?/m1/s1. The van der Waals surface area contributed by atoms with Crippen LogP contribution < -0.4 is 5.73 Å².